The number of hydrogen-bond acceptors (Lipinski definition) is 1. The first-order chi connectivity index (χ1) is 7.86. The third-order valence-electron chi connectivity index (χ3n) is 1.96. The van der Waals surface area contributed by atoms with Crippen molar-refractivity contribution in [2.75, 3.05) is 0 Å². The molecule has 104 valence electrons. The molecule has 1 aromatic rings. The van der Waals surface area contributed by atoms with Crippen LogP contribution < -0.4 is 0 Å². The minimum absolute atomic E-state index is 0.000361. The highest BCUT2D eigenvalue weighted by Crippen LogP contribution is 2.54. The van der Waals surface area contributed by atoms with Gasteiger partial charge in [-0.25, -0.2) is 4.98 Å². The van der Waals surface area contributed by atoms with Gasteiger partial charge in [0.25, 0.3) is 0 Å². The molecule has 1 rings (SSSR count). The lowest BCUT2D eigenvalue weighted by Crippen LogP contribution is -2.61. The SMILES string of the molecule is FC(F)(F)C(F)(F)C(F)(F)C(F)(F)n1ccnc1. The maximum absolute atomic E-state index is 13.0. The smallest absolute Gasteiger partial charge is 0.272 e. The molecular weight excluding hydrogens is 283 g/mol. The average Bonchev–Trinajstić information content (AvgIpc) is 2.68. The van der Waals surface area contributed by atoms with Gasteiger partial charge in [-0.1, -0.05) is 0 Å². The fraction of sp³-hybridized carbons (Fsp3) is 0.571. The van der Waals surface area contributed by atoms with Crippen molar-refractivity contribution in [3.05, 3.63) is 18.7 Å². The lowest BCUT2D eigenvalue weighted by atomic mass is 10.1. The van der Waals surface area contributed by atoms with Gasteiger partial charge in [-0.05, 0) is 0 Å². The third kappa shape index (κ3) is 1.81. The lowest BCUT2D eigenvalue weighted by Gasteiger charge is -2.33. The van der Waals surface area contributed by atoms with Crippen LogP contribution in [0.2, 0.25) is 0 Å². The molecule has 0 aromatic carbocycles. The number of hydrogen-bond donors (Lipinski definition) is 0. The van der Waals surface area contributed by atoms with Gasteiger partial charge >= 0.3 is 24.1 Å². The summed E-state index contributed by atoms with van der Waals surface area (Å²) in [6.07, 6.45) is -6.16. The highest BCUT2D eigenvalue weighted by atomic mass is 19.4. The van der Waals surface area contributed by atoms with Crippen LogP contribution in [0.4, 0.5) is 39.5 Å². The Kier molecular flexibility index (Phi) is 3.08. The second-order valence-corrected chi connectivity index (χ2v) is 3.16. The Bertz CT molecular complexity index is 405. The summed E-state index contributed by atoms with van der Waals surface area (Å²) in [4.78, 5) is 2.87. The molecule has 0 aliphatic heterocycles. The van der Waals surface area contributed by atoms with Crippen molar-refractivity contribution in [3.8, 4) is 0 Å². The highest BCUT2D eigenvalue weighted by molar-refractivity contribution is 4.99. The van der Waals surface area contributed by atoms with Crippen molar-refractivity contribution in [2.45, 2.75) is 24.1 Å². The van der Waals surface area contributed by atoms with E-state index in [1.807, 2.05) is 0 Å². The summed E-state index contributed by atoms with van der Waals surface area (Å²) >= 11 is 0. The molecule has 1 aromatic heterocycles. The van der Waals surface area contributed by atoms with Crippen LogP contribution in [0.3, 0.4) is 0 Å². The third-order valence-corrected chi connectivity index (χ3v) is 1.96. The standard InChI is InChI=1S/C7H3F9N2/c8-4(9,6(12,13)14)5(10,11)7(15,16)18-2-1-17-3-18/h1-3H. The Morgan fingerprint density at radius 3 is 1.61 bits per heavy atom. The molecule has 0 unspecified atom stereocenters. The zero-order valence-corrected chi connectivity index (χ0v) is 8.03. The first-order valence-corrected chi connectivity index (χ1v) is 4.04. The molecule has 2 nitrogen and oxygen atoms in total. The van der Waals surface area contributed by atoms with Crippen LogP contribution in [0, 0.1) is 0 Å². The molecule has 11 heteroatoms. The molecule has 0 amide bonds. The summed E-state index contributed by atoms with van der Waals surface area (Å²) < 4.78 is 111. The van der Waals surface area contributed by atoms with Crippen molar-refractivity contribution in [3.63, 3.8) is 0 Å². The molecule has 0 bridgehead atoms. The molecule has 0 spiro atoms. The van der Waals surface area contributed by atoms with Crippen molar-refractivity contribution in [1.29, 1.82) is 0 Å². The molecule has 1 heterocycles. The van der Waals surface area contributed by atoms with Gasteiger partial charge < -0.3 is 0 Å². The summed E-state index contributed by atoms with van der Waals surface area (Å²) in [5, 5.41) is 0. The van der Waals surface area contributed by atoms with Gasteiger partial charge in [-0.2, -0.15) is 39.5 Å². The van der Waals surface area contributed by atoms with Gasteiger partial charge in [0.1, 0.15) is 0 Å². The summed E-state index contributed by atoms with van der Waals surface area (Å²) in [6.45, 7) is 0. The van der Waals surface area contributed by atoms with Gasteiger partial charge in [-0.15, -0.1) is 0 Å². The maximum Gasteiger partial charge on any atom is 0.460 e. The fourth-order valence-electron chi connectivity index (χ4n) is 0.954. The van der Waals surface area contributed by atoms with E-state index in [1.54, 1.807) is 0 Å². The fourth-order valence-corrected chi connectivity index (χ4v) is 0.954. The average molecular weight is 286 g/mol. The van der Waals surface area contributed by atoms with E-state index in [1.165, 1.54) is 0 Å². The molecule has 0 saturated heterocycles. The Morgan fingerprint density at radius 1 is 0.778 bits per heavy atom. The number of aromatic nitrogens is 2. The van der Waals surface area contributed by atoms with Crippen LogP contribution in [-0.4, -0.2) is 27.6 Å². The lowest BCUT2D eigenvalue weighted by molar-refractivity contribution is -0.413. The monoisotopic (exact) mass is 286 g/mol. The predicted molar refractivity (Wildman–Crippen MR) is 38.4 cm³/mol. The van der Waals surface area contributed by atoms with Crippen molar-refractivity contribution >= 4 is 0 Å². The van der Waals surface area contributed by atoms with Crippen LogP contribution in [0.5, 0.6) is 0 Å². The molecule has 0 aliphatic carbocycles. The first kappa shape index (κ1) is 14.6. The largest absolute Gasteiger partial charge is 0.460 e. The number of nitrogens with zero attached hydrogens (tertiary/aromatic N) is 2. The maximum atomic E-state index is 13.0. The minimum atomic E-state index is -6.90. The van der Waals surface area contributed by atoms with E-state index in [-0.39, 0.29) is 12.5 Å². The zero-order chi connectivity index (χ0) is 14.4. The van der Waals surface area contributed by atoms with E-state index in [0.29, 0.717) is 6.20 Å². The van der Waals surface area contributed by atoms with Crippen molar-refractivity contribution < 1.29 is 39.5 Å². The molecule has 0 aliphatic rings. The van der Waals surface area contributed by atoms with Crippen LogP contribution in [-0.2, 0) is 6.05 Å². The number of imidazole rings is 1. The molecule has 0 saturated carbocycles. The summed E-state index contributed by atoms with van der Waals surface area (Å²) in [5.74, 6) is -13.6. The molecule has 18 heavy (non-hydrogen) atoms. The Balaban J connectivity index is 3.30. The normalized spacial score (nSPS) is 14.9. The van der Waals surface area contributed by atoms with E-state index < -0.39 is 28.6 Å². The molecule has 0 radical (unpaired) electrons. The van der Waals surface area contributed by atoms with Crippen LogP contribution in [0.1, 0.15) is 0 Å². The Labute approximate surface area is 93.0 Å². The topological polar surface area (TPSA) is 17.8 Å². The summed E-state index contributed by atoms with van der Waals surface area (Å²) in [5.41, 5.74) is 0. The van der Waals surface area contributed by atoms with Crippen LogP contribution in [0.25, 0.3) is 0 Å². The minimum Gasteiger partial charge on any atom is -0.272 e. The van der Waals surface area contributed by atoms with E-state index in [9.17, 15) is 39.5 Å². The second kappa shape index (κ2) is 3.79. The van der Waals surface area contributed by atoms with Crippen molar-refractivity contribution in [1.82, 2.24) is 9.55 Å². The van der Waals surface area contributed by atoms with Gasteiger partial charge in [0.15, 0.2) is 0 Å². The first-order valence-electron chi connectivity index (χ1n) is 4.04. The molecule has 0 N–H and O–H groups in total. The molecular formula is C7H3F9N2. The number of alkyl halides is 9. The summed E-state index contributed by atoms with van der Waals surface area (Å²) in [7, 11) is 0. The van der Waals surface area contributed by atoms with Gasteiger partial charge in [-0.3, -0.25) is 4.57 Å². The van der Waals surface area contributed by atoms with Crippen molar-refractivity contribution in [2.24, 2.45) is 0 Å². The zero-order valence-electron chi connectivity index (χ0n) is 8.03. The van der Waals surface area contributed by atoms with E-state index in [0.717, 1.165) is 0 Å². The number of rotatable bonds is 3. The van der Waals surface area contributed by atoms with Crippen LogP contribution in [0.15, 0.2) is 18.7 Å². The predicted octanol–water partition coefficient (Wildman–Crippen LogP) is 3.27. The Hall–Kier alpha value is -1.42. The summed E-state index contributed by atoms with van der Waals surface area (Å²) in [6, 6.07) is -5.79. The van der Waals surface area contributed by atoms with E-state index in [4.69, 9.17) is 0 Å². The Morgan fingerprint density at radius 2 is 1.28 bits per heavy atom. The molecule has 0 atom stereocenters. The quantitative estimate of drug-likeness (QED) is 0.780. The number of halogens is 9. The van der Waals surface area contributed by atoms with E-state index in [2.05, 4.69) is 4.98 Å². The second-order valence-electron chi connectivity index (χ2n) is 3.16. The van der Waals surface area contributed by atoms with Gasteiger partial charge in [0.05, 0.1) is 6.33 Å². The van der Waals surface area contributed by atoms with Gasteiger partial charge in [0, 0.05) is 12.4 Å². The molecule has 0 fully saturated rings. The van der Waals surface area contributed by atoms with Crippen LogP contribution >= 0.6 is 0 Å². The highest BCUT2D eigenvalue weighted by Gasteiger charge is 2.82. The van der Waals surface area contributed by atoms with E-state index >= 15 is 0 Å². The van der Waals surface area contributed by atoms with Gasteiger partial charge in [0.2, 0.25) is 0 Å².